The molecule has 2 aromatic rings. The van der Waals surface area contributed by atoms with Crippen LogP contribution in [0.4, 0.5) is 10.1 Å². The van der Waals surface area contributed by atoms with E-state index in [0.717, 1.165) is 6.07 Å². The second-order valence-electron chi connectivity index (χ2n) is 5.75. The maximum absolute atomic E-state index is 13.4. The molecule has 130 valence electrons. The van der Waals surface area contributed by atoms with Gasteiger partial charge in [0.25, 0.3) is 5.91 Å². The van der Waals surface area contributed by atoms with Crippen molar-refractivity contribution in [2.75, 3.05) is 11.9 Å². The molecule has 0 saturated carbocycles. The van der Waals surface area contributed by atoms with Crippen LogP contribution < -0.4 is 10.0 Å². The third kappa shape index (κ3) is 3.14. The number of aromatic nitrogens is 1. The molecule has 0 saturated heterocycles. The number of rotatable bonds is 2. The normalized spacial score (nSPS) is 19.6. The number of nitrogens with one attached hydrogen (secondary N) is 3. The van der Waals surface area contributed by atoms with Gasteiger partial charge in [-0.25, -0.2) is 18.1 Å². The first-order valence-corrected chi connectivity index (χ1v) is 9.12. The van der Waals surface area contributed by atoms with E-state index in [-0.39, 0.29) is 11.3 Å². The van der Waals surface area contributed by atoms with E-state index >= 15 is 0 Å². The van der Waals surface area contributed by atoms with E-state index in [1.807, 2.05) is 0 Å². The number of hydrogen-bond acceptors (Lipinski definition) is 4. The first-order chi connectivity index (χ1) is 11.8. The Kier molecular flexibility index (Phi) is 4.32. The van der Waals surface area contributed by atoms with Crippen molar-refractivity contribution in [2.24, 2.45) is 7.05 Å². The van der Waals surface area contributed by atoms with Gasteiger partial charge in [-0.05, 0) is 31.0 Å². The van der Waals surface area contributed by atoms with E-state index < -0.39 is 21.6 Å². The monoisotopic (exact) mass is 361 g/mol. The van der Waals surface area contributed by atoms with Gasteiger partial charge in [0.05, 0.1) is 10.5 Å². The number of nitriles is 1. The Morgan fingerprint density at radius 1 is 1.52 bits per heavy atom. The van der Waals surface area contributed by atoms with Crippen LogP contribution in [0.5, 0.6) is 0 Å². The number of aryl methyl sites for hydroxylation is 1. The van der Waals surface area contributed by atoms with E-state index in [0.29, 0.717) is 35.5 Å². The van der Waals surface area contributed by atoms with E-state index in [1.54, 1.807) is 13.1 Å². The van der Waals surface area contributed by atoms with Crippen molar-refractivity contribution in [2.45, 2.75) is 17.7 Å². The molecule has 0 fully saturated rings. The molecule has 1 amide bonds. The lowest BCUT2D eigenvalue weighted by Gasteiger charge is -2.09. The second kappa shape index (κ2) is 6.31. The Morgan fingerprint density at radius 3 is 3.00 bits per heavy atom. The minimum atomic E-state index is -3.15. The quantitative estimate of drug-likeness (QED) is 0.762. The van der Waals surface area contributed by atoms with Gasteiger partial charge >= 0.3 is 0 Å². The zero-order chi connectivity index (χ0) is 18.2. The summed E-state index contributed by atoms with van der Waals surface area (Å²) >= 11 is 0. The maximum atomic E-state index is 13.4. The van der Waals surface area contributed by atoms with Crippen LogP contribution in [0, 0.1) is 21.9 Å². The predicted molar refractivity (Wildman–Crippen MR) is 89.9 cm³/mol. The first-order valence-electron chi connectivity index (χ1n) is 7.56. The molecule has 3 N–H and O–H groups in total. The smallest absolute Gasteiger partial charge is 0.272 e. The maximum Gasteiger partial charge on any atom is 0.272 e. The SMILES string of the molecule is Cn1cc2c(c1C(=O)Nc1ccc(F)c(C#N)c1)CCCNS2(=N)=O. The molecule has 0 bridgehead atoms. The summed E-state index contributed by atoms with van der Waals surface area (Å²) in [6, 6.07) is 5.45. The highest BCUT2D eigenvalue weighted by atomic mass is 32.2. The molecular formula is C16H16FN5O2S. The van der Waals surface area contributed by atoms with Gasteiger partial charge in [0.2, 0.25) is 0 Å². The summed E-state index contributed by atoms with van der Waals surface area (Å²) in [5.74, 6) is -1.12. The van der Waals surface area contributed by atoms with Crippen LogP contribution in [-0.2, 0) is 23.4 Å². The minimum absolute atomic E-state index is 0.165. The molecule has 1 aromatic carbocycles. The molecule has 1 atom stereocenters. The second-order valence-corrected chi connectivity index (χ2v) is 7.59. The number of fused-ring (bicyclic) bond motifs is 1. The highest BCUT2D eigenvalue weighted by molar-refractivity contribution is 7.90. The fraction of sp³-hybridized carbons (Fsp3) is 0.250. The van der Waals surface area contributed by atoms with Gasteiger partial charge < -0.3 is 9.88 Å². The number of amides is 1. The zero-order valence-corrected chi connectivity index (χ0v) is 14.2. The fourth-order valence-corrected chi connectivity index (χ4v) is 4.31. The molecule has 0 spiro atoms. The average molecular weight is 361 g/mol. The van der Waals surface area contributed by atoms with Crippen molar-refractivity contribution in [1.29, 1.82) is 10.0 Å². The Morgan fingerprint density at radius 2 is 2.28 bits per heavy atom. The number of benzene rings is 1. The van der Waals surface area contributed by atoms with Gasteiger partial charge in [-0.1, -0.05) is 0 Å². The van der Waals surface area contributed by atoms with Crippen LogP contribution >= 0.6 is 0 Å². The van der Waals surface area contributed by atoms with Crippen LogP contribution in [-0.4, -0.2) is 21.2 Å². The van der Waals surface area contributed by atoms with E-state index in [1.165, 1.54) is 22.9 Å². The summed E-state index contributed by atoms with van der Waals surface area (Å²) in [5.41, 5.74) is 1.01. The van der Waals surface area contributed by atoms with Crippen molar-refractivity contribution in [3.63, 3.8) is 0 Å². The van der Waals surface area contributed by atoms with Crippen molar-refractivity contribution in [3.8, 4) is 6.07 Å². The molecule has 1 aliphatic rings. The molecule has 0 aliphatic carbocycles. The Bertz CT molecular complexity index is 1000. The summed E-state index contributed by atoms with van der Waals surface area (Å²) in [6.45, 7) is 0.436. The van der Waals surface area contributed by atoms with Gasteiger partial charge in [0.1, 0.15) is 27.5 Å². The number of hydrogen-bond donors (Lipinski definition) is 3. The molecule has 3 rings (SSSR count). The standard InChI is InChI=1S/C16H16FN5O2S/c1-22-9-14-12(3-2-6-20-25(14,19)24)15(22)16(23)21-11-4-5-13(17)10(7-11)8-18/h4-5,7,9H,2-3,6H2,1H3,(H,21,23)(H2,19,20,24). The lowest BCUT2D eigenvalue weighted by Crippen LogP contribution is -2.21. The molecule has 2 heterocycles. The molecule has 9 heteroatoms. The van der Waals surface area contributed by atoms with Gasteiger partial charge in [0, 0.05) is 31.0 Å². The lowest BCUT2D eigenvalue weighted by molar-refractivity contribution is 0.101. The first kappa shape index (κ1) is 17.1. The molecule has 0 radical (unpaired) electrons. The summed E-state index contributed by atoms with van der Waals surface area (Å²) in [4.78, 5) is 13.0. The number of nitrogens with zero attached hydrogens (tertiary/aromatic N) is 2. The summed E-state index contributed by atoms with van der Waals surface area (Å²) in [6.07, 6.45) is 2.71. The zero-order valence-electron chi connectivity index (χ0n) is 13.4. The molecular weight excluding hydrogens is 345 g/mol. The van der Waals surface area contributed by atoms with Gasteiger partial charge in [0.15, 0.2) is 0 Å². The van der Waals surface area contributed by atoms with Crippen molar-refractivity contribution < 1.29 is 13.4 Å². The third-order valence-electron chi connectivity index (χ3n) is 4.03. The molecule has 25 heavy (non-hydrogen) atoms. The van der Waals surface area contributed by atoms with E-state index in [9.17, 15) is 13.4 Å². The molecule has 1 aliphatic heterocycles. The van der Waals surface area contributed by atoms with Crippen LogP contribution in [0.1, 0.15) is 28.0 Å². The number of anilines is 1. The van der Waals surface area contributed by atoms with Crippen LogP contribution in [0.25, 0.3) is 0 Å². The summed E-state index contributed by atoms with van der Waals surface area (Å²) < 4.78 is 38.1. The number of carbonyl (C=O) groups is 1. The highest BCUT2D eigenvalue weighted by Gasteiger charge is 2.27. The third-order valence-corrected chi connectivity index (χ3v) is 5.61. The van der Waals surface area contributed by atoms with Crippen molar-refractivity contribution in [3.05, 3.63) is 47.0 Å². The van der Waals surface area contributed by atoms with E-state index in [4.69, 9.17) is 10.0 Å². The van der Waals surface area contributed by atoms with Crippen LogP contribution in [0.3, 0.4) is 0 Å². The largest absolute Gasteiger partial charge is 0.345 e. The summed E-state index contributed by atoms with van der Waals surface area (Å²) in [7, 11) is -1.50. The number of halogens is 1. The highest BCUT2D eigenvalue weighted by Crippen LogP contribution is 2.27. The Labute approximate surface area is 144 Å². The number of carbonyl (C=O) groups excluding carboxylic acids is 1. The topological polar surface area (TPSA) is 111 Å². The van der Waals surface area contributed by atoms with Crippen molar-refractivity contribution in [1.82, 2.24) is 9.29 Å². The van der Waals surface area contributed by atoms with Crippen molar-refractivity contribution >= 4 is 21.5 Å². The van der Waals surface area contributed by atoms with Gasteiger partial charge in [-0.3, -0.25) is 4.79 Å². The van der Waals surface area contributed by atoms with Gasteiger partial charge in [-0.15, -0.1) is 0 Å². The van der Waals surface area contributed by atoms with Gasteiger partial charge in [-0.2, -0.15) is 5.26 Å². The molecule has 1 aromatic heterocycles. The molecule has 1 unspecified atom stereocenters. The lowest BCUT2D eigenvalue weighted by atomic mass is 10.1. The molecule has 7 nitrogen and oxygen atoms in total. The Hall–Kier alpha value is -2.70. The predicted octanol–water partition coefficient (Wildman–Crippen LogP) is 2.14. The van der Waals surface area contributed by atoms with Crippen LogP contribution in [0.15, 0.2) is 29.3 Å². The minimum Gasteiger partial charge on any atom is -0.345 e. The Balaban J connectivity index is 1.99. The average Bonchev–Trinajstić information content (AvgIpc) is 2.83. The van der Waals surface area contributed by atoms with Crippen LogP contribution in [0.2, 0.25) is 0 Å². The fourth-order valence-electron chi connectivity index (χ4n) is 2.87. The summed E-state index contributed by atoms with van der Waals surface area (Å²) in [5, 5.41) is 11.5. The van der Waals surface area contributed by atoms with E-state index in [2.05, 4.69) is 10.0 Å².